The van der Waals surface area contributed by atoms with Crippen molar-refractivity contribution in [3.8, 4) is 0 Å². The number of carbonyl (C=O) groups is 2. The third-order valence-electron chi connectivity index (χ3n) is 5.18. The predicted molar refractivity (Wildman–Crippen MR) is 121 cm³/mol. The van der Waals surface area contributed by atoms with Crippen LogP contribution < -0.4 is 10.9 Å². The number of aromatic nitrogens is 3. The highest BCUT2D eigenvalue weighted by Crippen LogP contribution is 2.23. The highest BCUT2D eigenvalue weighted by molar-refractivity contribution is 6.30. The molecule has 9 nitrogen and oxygen atoms in total. The van der Waals surface area contributed by atoms with Crippen LogP contribution >= 0.6 is 11.6 Å². The Kier molecular flexibility index (Phi) is 8.18. The van der Waals surface area contributed by atoms with Crippen molar-refractivity contribution in [3.63, 3.8) is 0 Å². The highest BCUT2D eigenvalue weighted by Gasteiger charge is 2.28. The number of Topliss-reactive ketones (excluding diaryl/α,β-unsaturated/α-hetero) is 1. The zero-order valence-electron chi connectivity index (χ0n) is 18.4. The number of ketones is 1. The van der Waals surface area contributed by atoms with Gasteiger partial charge in [0.05, 0.1) is 41.3 Å². The molecule has 33 heavy (non-hydrogen) atoms. The summed E-state index contributed by atoms with van der Waals surface area (Å²) in [5.74, 6) is -2.26. The Morgan fingerprint density at radius 2 is 2.06 bits per heavy atom. The minimum Gasteiger partial charge on any atom is -0.504 e. The number of unbranched alkanes of at least 4 members (excludes halogenated alkanes) is 1. The van der Waals surface area contributed by atoms with Gasteiger partial charge in [-0.25, -0.2) is 9.82 Å². The lowest BCUT2D eigenvalue weighted by Crippen LogP contribution is -2.44. The van der Waals surface area contributed by atoms with Gasteiger partial charge in [-0.2, -0.15) is 5.10 Å². The zero-order valence-corrected chi connectivity index (χ0v) is 19.2. The molecule has 3 rings (SSSR count). The van der Waals surface area contributed by atoms with Gasteiger partial charge in [0.2, 0.25) is 5.78 Å². The van der Waals surface area contributed by atoms with E-state index in [4.69, 9.17) is 11.6 Å². The summed E-state index contributed by atoms with van der Waals surface area (Å²) in [5, 5.41) is 15.2. The third-order valence-corrected chi connectivity index (χ3v) is 5.39. The molecule has 0 radical (unpaired) electrons. The van der Waals surface area contributed by atoms with Gasteiger partial charge in [0.25, 0.3) is 5.91 Å². The number of rotatable bonds is 7. The van der Waals surface area contributed by atoms with Crippen molar-refractivity contribution in [1.29, 1.82) is 0 Å². The Labute approximate surface area is 195 Å². The highest BCUT2D eigenvalue weighted by atomic mass is 35.5. The number of nitrogens with one attached hydrogen (secondary N) is 2. The van der Waals surface area contributed by atoms with E-state index in [9.17, 15) is 19.1 Å². The second kappa shape index (κ2) is 11.1. The molecule has 2 aromatic rings. The first-order valence-corrected chi connectivity index (χ1v) is 11.0. The van der Waals surface area contributed by atoms with Crippen LogP contribution in [0.1, 0.15) is 44.4 Å². The van der Waals surface area contributed by atoms with Crippen LogP contribution in [-0.2, 0) is 16.1 Å². The molecule has 1 aliphatic rings. The summed E-state index contributed by atoms with van der Waals surface area (Å²) >= 11 is 5.74. The van der Waals surface area contributed by atoms with Gasteiger partial charge in [-0.05, 0) is 25.8 Å². The molecule has 0 spiro atoms. The van der Waals surface area contributed by atoms with E-state index in [1.807, 2.05) is 13.8 Å². The van der Waals surface area contributed by atoms with Gasteiger partial charge in [-0.15, -0.1) is 0 Å². The molecular formula is C22H26ClFN6O3. The minimum atomic E-state index is -0.711. The van der Waals surface area contributed by atoms with Crippen molar-refractivity contribution in [2.24, 2.45) is 0 Å². The van der Waals surface area contributed by atoms with Crippen molar-refractivity contribution < 1.29 is 19.1 Å². The number of likely N-dealkylation sites (N-methyl/N-ethyl adjacent to an activating group) is 1. The number of hydrazine groups is 1. The molecule has 0 aliphatic carbocycles. The van der Waals surface area contributed by atoms with Gasteiger partial charge >= 0.3 is 0 Å². The predicted octanol–water partition coefficient (Wildman–Crippen LogP) is 2.95. The van der Waals surface area contributed by atoms with Gasteiger partial charge in [0, 0.05) is 30.7 Å². The largest absolute Gasteiger partial charge is 0.504 e. The number of hydrogen-bond donors (Lipinski definition) is 3. The Morgan fingerprint density at radius 3 is 2.76 bits per heavy atom. The first kappa shape index (κ1) is 24.4. The molecule has 0 saturated carbocycles. The molecule has 0 fully saturated rings. The smallest absolute Gasteiger partial charge is 0.254 e. The van der Waals surface area contributed by atoms with Gasteiger partial charge in [-0.3, -0.25) is 19.3 Å². The quantitative estimate of drug-likeness (QED) is 0.563. The number of allylic oxidation sites excluding steroid dienone is 1. The Balaban J connectivity index is 1.93. The molecule has 0 saturated heterocycles. The van der Waals surface area contributed by atoms with Crippen molar-refractivity contribution in [3.05, 3.63) is 64.3 Å². The van der Waals surface area contributed by atoms with E-state index in [2.05, 4.69) is 20.9 Å². The minimum absolute atomic E-state index is 0.0175. The Bertz CT molecular complexity index is 1100. The van der Waals surface area contributed by atoms with E-state index >= 15 is 0 Å². The first-order valence-electron chi connectivity index (χ1n) is 10.6. The molecule has 11 heteroatoms. The molecule has 0 bridgehead atoms. The Morgan fingerprint density at radius 1 is 1.27 bits per heavy atom. The van der Waals surface area contributed by atoms with Crippen molar-refractivity contribution in [1.82, 2.24) is 30.5 Å². The summed E-state index contributed by atoms with van der Waals surface area (Å²) in [7, 11) is 0. The third kappa shape index (κ3) is 5.77. The van der Waals surface area contributed by atoms with Crippen LogP contribution in [0.15, 0.2) is 42.2 Å². The fraction of sp³-hybridized carbons (Fsp3) is 0.364. The van der Waals surface area contributed by atoms with E-state index in [0.717, 1.165) is 12.5 Å². The van der Waals surface area contributed by atoms with E-state index in [-0.39, 0.29) is 41.5 Å². The molecule has 0 aromatic carbocycles. The van der Waals surface area contributed by atoms with Crippen LogP contribution in [0.4, 0.5) is 4.39 Å². The van der Waals surface area contributed by atoms with Crippen LogP contribution in [0, 0.1) is 5.82 Å². The van der Waals surface area contributed by atoms with Gasteiger partial charge in [0.1, 0.15) is 5.82 Å². The SMILES string of the molecule is CCCC/C1=C(/O)C(=O)/C(c2cnn(Cc3ncc(Cl)cc3F)c2)=C\NNCN(CC)C1=O. The lowest BCUT2D eigenvalue weighted by molar-refractivity contribution is -0.128. The van der Waals surface area contributed by atoms with E-state index < -0.39 is 23.3 Å². The molecule has 3 heterocycles. The molecular weight excluding hydrogens is 451 g/mol. The summed E-state index contributed by atoms with van der Waals surface area (Å²) < 4.78 is 15.5. The second-order valence-electron chi connectivity index (χ2n) is 7.47. The lowest BCUT2D eigenvalue weighted by Gasteiger charge is -2.24. The van der Waals surface area contributed by atoms with Crippen molar-refractivity contribution >= 4 is 28.9 Å². The molecule has 0 atom stereocenters. The maximum atomic E-state index is 14.1. The number of aliphatic hydroxyl groups is 1. The number of carbonyl (C=O) groups excluding carboxylic acids is 2. The molecule has 1 amide bonds. The van der Waals surface area contributed by atoms with E-state index in [1.54, 1.807) is 0 Å². The standard InChI is InChI=1S/C22H26ClFN6O3/c1-3-5-6-16-20(31)21(32)17(10-26-27-13-29(4-2)22(16)33)14-8-28-30(11-14)12-19-18(24)7-15(23)9-25-19/h7-11,26-27,31H,3-6,12-13H2,1-2H3/b17-10-,20-16-. The van der Waals surface area contributed by atoms with Crippen LogP contribution in [-0.4, -0.2) is 49.7 Å². The van der Waals surface area contributed by atoms with Gasteiger partial charge in [0.15, 0.2) is 5.76 Å². The van der Waals surface area contributed by atoms with Gasteiger partial charge < -0.3 is 15.4 Å². The fourth-order valence-electron chi connectivity index (χ4n) is 3.31. The van der Waals surface area contributed by atoms with Crippen molar-refractivity contribution in [2.45, 2.75) is 39.7 Å². The topological polar surface area (TPSA) is 112 Å². The van der Waals surface area contributed by atoms with Crippen LogP contribution in [0.25, 0.3) is 5.57 Å². The van der Waals surface area contributed by atoms with Crippen LogP contribution in [0.5, 0.6) is 0 Å². The fourth-order valence-corrected chi connectivity index (χ4v) is 3.45. The summed E-state index contributed by atoms with van der Waals surface area (Å²) in [6.45, 7) is 4.38. The van der Waals surface area contributed by atoms with E-state index in [0.29, 0.717) is 18.5 Å². The van der Waals surface area contributed by atoms with Gasteiger partial charge in [-0.1, -0.05) is 24.9 Å². The summed E-state index contributed by atoms with van der Waals surface area (Å²) in [6.07, 6.45) is 7.43. The zero-order chi connectivity index (χ0) is 24.0. The monoisotopic (exact) mass is 476 g/mol. The maximum absolute atomic E-state index is 14.1. The molecule has 1 aliphatic heterocycles. The van der Waals surface area contributed by atoms with Crippen LogP contribution in [0.2, 0.25) is 5.02 Å². The number of amides is 1. The molecule has 3 N–H and O–H groups in total. The molecule has 176 valence electrons. The molecule has 2 aromatic heterocycles. The Hall–Kier alpha value is -3.24. The number of nitrogens with zero attached hydrogens (tertiary/aromatic N) is 4. The number of halogens is 2. The number of aliphatic hydroxyl groups excluding tert-OH is 1. The maximum Gasteiger partial charge on any atom is 0.254 e. The average Bonchev–Trinajstić information content (AvgIpc) is 3.25. The van der Waals surface area contributed by atoms with Crippen LogP contribution in [0.3, 0.4) is 0 Å². The normalized spacial score (nSPS) is 19.3. The molecule has 0 unspecified atom stereocenters. The summed E-state index contributed by atoms with van der Waals surface area (Å²) in [5.41, 5.74) is 6.36. The lowest BCUT2D eigenvalue weighted by atomic mass is 9.98. The number of hydrogen-bond acceptors (Lipinski definition) is 7. The average molecular weight is 477 g/mol. The summed E-state index contributed by atoms with van der Waals surface area (Å²) in [6, 6.07) is 1.16. The van der Waals surface area contributed by atoms with Crippen molar-refractivity contribution in [2.75, 3.05) is 13.2 Å². The number of pyridine rings is 1. The first-order chi connectivity index (χ1) is 15.8. The summed E-state index contributed by atoms with van der Waals surface area (Å²) in [4.78, 5) is 31.6. The van der Waals surface area contributed by atoms with E-state index in [1.165, 1.54) is 34.4 Å². The second-order valence-corrected chi connectivity index (χ2v) is 7.90.